The second-order valence-corrected chi connectivity index (χ2v) is 4.17. The number of hydrogen-bond acceptors (Lipinski definition) is 1. The fourth-order valence-corrected chi connectivity index (χ4v) is 2.16. The average Bonchev–Trinajstić information content (AvgIpc) is 2.38. The Morgan fingerprint density at radius 1 is 0.833 bits per heavy atom. The van der Waals surface area contributed by atoms with E-state index in [1.165, 1.54) is 12.1 Å². The number of rotatable bonds is 4. The van der Waals surface area contributed by atoms with Crippen LogP contribution in [0.15, 0.2) is 48.5 Å². The van der Waals surface area contributed by atoms with E-state index < -0.39 is 0 Å². The molecule has 0 atom stereocenters. The SMILES string of the molecule is NCCC(c1ccccc1F)c1ccccc1F. The maximum absolute atomic E-state index is 13.8. The summed E-state index contributed by atoms with van der Waals surface area (Å²) >= 11 is 0. The predicted octanol–water partition coefficient (Wildman–Crippen LogP) is 3.45. The lowest BCUT2D eigenvalue weighted by atomic mass is 9.88. The Labute approximate surface area is 105 Å². The second kappa shape index (κ2) is 5.74. The van der Waals surface area contributed by atoms with Gasteiger partial charge in [-0.1, -0.05) is 36.4 Å². The van der Waals surface area contributed by atoms with E-state index in [9.17, 15) is 8.78 Å². The Balaban J connectivity index is 2.47. The van der Waals surface area contributed by atoms with E-state index in [4.69, 9.17) is 5.73 Å². The molecule has 0 aliphatic heterocycles. The Bertz CT molecular complexity index is 480. The topological polar surface area (TPSA) is 26.0 Å². The molecule has 0 fully saturated rings. The van der Waals surface area contributed by atoms with Gasteiger partial charge in [0.2, 0.25) is 0 Å². The highest BCUT2D eigenvalue weighted by Gasteiger charge is 2.19. The Hall–Kier alpha value is -1.74. The molecule has 0 saturated carbocycles. The number of benzene rings is 2. The van der Waals surface area contributed by atoms with Crippen LogP contribution in [0.2, 0.25) is 0 Å². The lowest BCUT2D eigenvalue weighted by Gasteiger charge is -2.18. The maximum atomic E-state index is 13.8. The van der Waals surface area contributed by atoms with Gasteiger partial charge in [0.15, 0.2) is 0 Å². The summed E-state index contributed by atoms with van der Waals surface area (Å²) in [6.07, 6.45) is 0.516. The van der Waals surface area contributed by atoms with Crippen molar-refractivity contribution in [2.24, 2.45) is 5.73 Å². The van der Waals surface area contributed by atoms with E-state index in [1.54, 1.807) is 36.4 Å². The number of hydrogen-bond donors (Lipinski definition) is 1. The lowest BCUT2D eigenvalue weighted by molar-refractivity contribution is 0.560. The third-order valence-corrected chi connectivity index (χ3v) is 3.02. The summed E-state index contributed by atoms with van der Waals surface area (Å²) < 4.78 is 27.6. The average molecular weight is 247 g/mol. The van der Waals surface area contributed by atoms with Crippen LogP contribution in [0, 0.1) is 11.6 Å². The Morgan fingerprint density at radius 3 is 1.67 bits per heavy atom. The zero-order chi connectivity index (χ0) is 13.0. The molecule has 2 rings (SSSR count). The maximum Gasteiger partial charge on any atom is 0.127 e. The summed E-state index contributed by atoms with van der Waals surface area (Å²) in [5, 5.41) is 0. The Kier molecular flexibility index (Phi) is 4.05. The monoisotopic (exact) mass is 247 g/mol. The molecule has 1 nitrogen and oxygen atoms in total. The molecular formula is C15H15F2N. The van der Waals surface area contributed by atoms with Gasteiger partial charge in [-0.15, -0.1) is 0 Å². The van der Waals surface area contributed by atoms with Crippen molar-refractivity contribution in [3.8, 4) is 0 Å². The zero-order valence-corrected chi connectivity index (χ0v) is 9.94. The van der Waals surface area contributed by atoms with Crippen molar-refractivity contribution in [2.45, 2.75) is 12.3 Å². The Morgan fingerprint density at radius 2 is 1.28 bits per heavy atom. The van der Waals surface area contributed by atoms with Crippen LogP contribution in [0.25, 0.3) is 0 Å². The molecule has 2 aromatic rings. The number of halogens is 2. The summed E-state index contributed by atoms with van der Waals surface area (Å²) in [5.74, 6) is -0.976. The molecular weight excluding hydrogens is 232 g/mol. The molecule has 0 aliphatic carbocycles. The molecule has 0 aliphatic rings. The summed E-state index contributed by atoms with van der Waals surface area (Å²) in [6, 6.07) is 12.9. The van der Waals surface area contributed by atoms with Crippen molar-refractivity contribution < 1.29 is 8.78 Å². The van der Waals surface area contributed by atoms with Crippen molar-refractivity contribution in [3.05, 3.63) is 71.3 Å². The highest BCUT2D eigenvalue weighted by molar-refractivity contribution is 5.34. The molecule has 0 radical (unpaired) electrons. The second-order valence-electron chi connectivity index (χ2n) is 4.17. The van der Waals surface area contributed by atoms with Crippen LogP contribution in [0.4, 0.5) is 8.78 Å². The molecule has 0 spiro atoms. The van der Waals surface area contributed by atoms with Gasteiger partial charge in [0.05, 0.1) is 0 Å². The minimum atomic E-state index is -0.336. The normalized spacial score (nSPS) is 10.9. The minimum absolute atomic E-state index is 0.320. The largest absolute Gasteiger partial charge is 0.330 e. The van der Waals surface area contributed by atoms with Crippen LogP contribution in [0.1, 0.15) is 23.5 Å². The van der Waals surface area contributed by atoms with Gasteiger partial charge in [-0.3, -0.25) is 0 Å². The molecule has 0 aromatic heterocycles. The fraction of sp³-hybridized carbons (Fsp3) is 0.200. The highest BCUT2D eigenvalue weighted by Crippen LogP contribution is 2.30. The standard InChI is InChI=1S/C15H15F2N/c16-14-7-3-1-5-12(14)11(9-10-18)13-6-2-4-8-15(13)17/h1-8,11H,9-10,18H2. The molecule has 18 heavy (non-hydrogen) atoms. The van der Waals surface area contributed by atoms with Gasteiger partial charge in [0, 0.05) is 5.92 Å². The molecule has 0 heterocycles. The van der Waals surface area contributed by atoms with Crippen molar-refractivity contribution in [1.82, 2.24) is 0 Å². The fourth-order valence-electron chi connectivity index (χ4n) is 2.16. The molecule has 0 saturated heterocycles. The first-order valence-corrected chi connectivity index (χ1v) is 5.93. The van der Waals surface area contributed by atoms with Gasteiger partial charge >= 0.3 is 0 Å². The minimum Gasteiger partial charge on any atom is -0.330 e. The van der Waals surface area contributed by atoms with E-state index in [1.807, 2.05) is 0 Å². The van der Waals surface area contributed by atoms with Crippen LogP contribution in [0.5, 0.6) is 0 Å². The van der Waals surface area contributed by atoms with E-state index in [0.29, 0.717) is 24.1 Å². The van der Waals surface area contributed by atoms with Crippen LogP contribution in [0.3, 0.4) is 0 Å². The number of nitrogens with two attached hydrogens (primary N) is 1. The van der Waals surface area contributed by atoms with Gasteiger partial charge < -0.3 is 5.73 Å². The first-order valence-electron chi connectivity index (χ1n) is 5.93. The van der Waals surface area contributed by atoms with Crippen molar-refractivity contribution in [2.75, 3.05) is 6.54 Å². The van der Waals surface area contributed by atoms with Gasteiger partial charge in [-0.25, -0.2) is 8.78 Å². The zero-order valence-electron chi connectivity index (χ0n) is 9.94. The van der Waals surface area contributed by atoms with Crippen molar-refractivity contribution >= 4 is 0 Å². The summed E-state index contributed by atoms with van der Waals surface area (Å²) in [5.41, 5.74) is 6.55. The van der Waals surface area contributed by atoms with E-state index in [-0.39, 0.29) is 17.6 Å². The molecule has 94 valence electrons. The van der Waals surface area contributed by atoms with E-state index in [0.717, 1.165) is 0 Å². The van der Waals surface area contributed by atoms with Gasteiger partial charge in [-0.05, 0) is 36.2 Å². The van der Waals surface area contributed by atoms with Crippen LogP contribution in [-0.4, -0.2) is 6.54 Å². The van der Waals surface area contributed by atoms with Gasteiger partial charge in [-0.2, -0.15) is 0 Å². The van der Waals surface area contributed by atoms with Gasteiger partial charge in [0.25, 0.3) is 0 Å². The molecule has 0 amide bonds. The smallest absolute Gasteiger partial charge is 0.127 e. The van der Waals surface area contributed by atoms with Crippen LogP contribution in [-0.2, 0) is 0 Å². The summed E-state index contributed by atoms with van der Waals surface area (Å²) in [7, 11) is 0. The predicted molar refractivity (Wildman–Crippen MR) is 68.3 cm³/mol. The van der Waals surface area contributed by atoms with Crippen LogP contribution >= 0.6 is 0 Å². The summed E-state index contributed by atoms with van der Waals surface area (Å²) in [4.78, 5) is 0. The molecule has 2 N–H and O–H groups in total. The van der Waals surface area contributed by atoms with Crippen LogP contribution < -0.4 is 5.73 Å². The third kappa shape index (κ3) is 2.57. The first kappa shape index (κ1) is 12.7. The van der Waals surface area contributed by atoms with Gasteiger partial charge in [0.1, 0.15) is 11.6 Å². The molecule has 2 aromatic carbocycles. The molecule has 0 unspecified atom stereocenters. The van der Waals surface area contributed by atoms with E-state index >= 15 is 0 Å². The lowest BCUT2D eigenvalue weighted by Crippen LogP contribution is -2.11. The van der Waals surface area contributed by atoms with Crippen molar-refractivity contribution in [3.63, 3.8) is 0 Å². The summed E-state index contributed by atoms with van der Waals surface area (Å²) in [6.45, 7) is 0.382. The van der Waals surface area contributed by atoms with Crippen molar-refractivity contribution in [1.29, 1.82) is 0 Å². The first-order chi connectivity index (χ1) is 8.74. The molecule has 3 heteroatoms. The van der Waals surface area contributed by atoms with E-state index in [2.05, 4.69) is 0 Å². The highest BCUT2D eigenvalue weighted by atomic mass is 19.1. The molecule has 0 bridgehead atoms. The third-order valence-electron chi connectivity index (χ3n) is 3.02. The quantitative estimate of drug-likeness (QED) is 0.879.